The van der Waals surface area contributed by atoms with Crippen molar-refractivity contribution in [3.63, 3.8) is 0 Å². The quantitative estimate of drug-likeness (QED) is 0.406. The fourth-order valence-corrected chi connectivity index (χ4v) is 3.53. The van der Waals surface area contributed by atoms with E-state index < -0.39 is 0 Å². The number of amides is 2. The van der Waals surface area contributed by atoms with Crippen molar-refractivity contribution in [3.8, 4) is 0 Å². The van der Waals surface area contributed by atoms with E-state index in [1.165, 1.54) is 30.0 Å². The highest BCUT2D eigenvalue weighted by atomic mass is 16.2. The van der Waals surface area contributed by atoms with Crippen LogP contribution in [0.5, 0.6) is 0 Å². The standard InChI is InChI=1S/C14H15NO.C14H13NO.H2/c2*1-10(15-11(2)16)13-8-7-12-5-3-4-6-14(12)9-13;/h3-10H,1-2H3,(H,15,16);3-9H,1H2,2H3,(H,15,16);1H. The Balaban J connectivity index is 0.000000227. The Kier molecular flexibility index (Phi) is 7.40. The van der Waals surface area contributed by atoms with Crippen LogP contribution in [0.15, 0.2) is 91.5 Å². The van der Waals surface area contributed by atoms with Crippen molar-refractivity contribution >= 4 is 39.1 Å². The zero-order chi connectivity index (χ0) is 23.1. The van der Waals surface area contributed by atoms with Crippen LogP contribution in [0.3, 0.4) is 0 Å². The third-order valence-corrected chi connectivity index (χ3v) is 5.12. The minimum absolute atomic E-state index is 0. The van der Waals surface area contributed by atoms with E-state index >= 15 is 0 Å². The second-order valence-corrected chi connectivity index (χ2v) is 7.75. The Morgan fingerprint density at radius 3 is 1.84 bits per heavy atom. The maximum Gasteiger partial charge on any atom is 0.221 e. The molecule has 0 aliphatic rings. The van der Waals surface area contributed by atoms with Gasteiger partial charge in [0.2, 0.25) is 11.8 Å². The van der Waals surface area contributed by atoms with E-state index in [0.717, 1.165) is 16.5 Å². The SMILES string of the molecule is C=C(NC(C)=O)c1ccc2ccccc2c1.CC(=O)NC(C)c1ccc2ccccc2c1.[HH]. The molecule has 0 aliphatic heterocycles. The molecule has 4 aromatic rings. The smallest absolute Gasteiger partial charge is 0.221 e. The predicted molar refractivity (Wildman–Crippen MR) is 135 cm³/mol. The normalized spacial score (nSPS) is 11.2. The van der Waals surface area contributed by atoms with Gasteiger partial charge in [-0.2, -0.15) is 0 Å². The fourth-order valence-electron chi connectivity index (χ4n) is 3.53. The molecule has 0 aliphatic carbocycles. The molecular formula is C28H30N2O2. The van der Waals surface area contributed by atoms with E-state index in [4.69, 9.17) is 0 Å². The highest BCUT2D eigenvalue weighted by Gasteiger charge is 2.06. The molecule has 4 rings (SSSR count). The minimum atomic E-state index is -0.0989. The molecule has 2 N–H and O–H groups in total. The molecule has 0 saturated heterocycles. The van der Waals surface area contributed by atoms with E-state index in [0.29, 0.717) is 5.70 Å². The Labute approximate surface area is 190 Å². The number of nitrogens with one attached hydrogen (secondary N) is 2. The lowest BCUT2D eigenvalue weighted by Crippen LogP contribution is -2.23. The largest absolute Gasteiger partial charge is 0.350 e. The van der Waals surface area contributed by atoms with Gasteiger partial charge >= 0.3 is 0 Å². The summed E-state index contributed by atoms with van der Waals surface area (Å²) in [6.07, 6.45) is 0. The summed E-state index contributed by atoms with van der Waals surface area (Å²) >= 11 is 0. The van der Waals surface area contributed by atoms with Gasteiger partial charge in [0, 0.05) is 21.0 Å². The lowest BCUT2D eigenvalue weighted by Gasteiger charge is -2.13. The van der Waals surface area contributed by atoms with Crippen LogP contribution in [0.25, 0.3) is 27.2 Å². The molecule has 4 heteroatoms. The van der Waals surface area contributed by atoms with Crippen LogP contribution in [0.1, 0.15) is 39.4 Å². The van der Waals surface area contributed by atoms with Crippen molar-refractivity contribution in [1.82, 2.24) is 10.6 Å². The maximum absolute atomic E-state index is 11.0. The zero-order valence-electron chi connectivity index (χ0n) is 18.7. The van der Waals surface area contributed by atoms with Crippen molar-refractivity contribution in [2.45, 2.75) is 26.8 Å². The van der Waals surface area contributed by atoms with E-state index in [1.807, 2.05) is 55.5 Å². The van der Waals surface area contributed by atoms with Crippen molar-refractivity contribution in [1.29, 1.82) is 0 Å². The number of benzene rings is 4. The third kappa shape index (κ3) is 6.05. The fraction of sp³-hybridized carbons (Fsp3) is 0.143. The molecule has 2 amide bonds. The molecular weight excluding hydrogens is 396 g/mol. The van der Waals surface area contributed by atoms with Crippen LogP contribution < -0.4 is 10.6 Å². The van der Waals surface area contributed by atoms with Crippen molar-refractivity contribution in [2.24, 2.45) is 0 Å². The number of carbonyl (C=O) groups excluding carboxylic acids is 2. The van der Waals surface area contributed by atoms with Crippen molar-refractivity contribution in [2.75, 3.05) is 0 Å². The number of fused-ring (bicyclic) bond motifs is 2. The average molecular weight is 427 g/mol. The molecule has 4 aromatic carbocycles. The van der Waals surface area contributed by atoms with Gasteiger partial charge in [-0.05, 0) is 51.7 Å². The summed E-state index contributed by atoms with van der Waals surface area (Å²) in [5.74, 6) is -0.0983. The van der Waals surface area contributed by atoms with Crippen LogP contribution in [0, 0.1) is 0 Å². The molecule has 0 aromatic heterocycles. The zero-order valence-corrected chi connectivity index (χ0v) is 18.7. The van der Waals surface area contributed by atoms with Gasteiger partial charge in [0.25, 0.3) is 0 Å². The Hall–Kier alpha value is -3.92. The first-order chi connectivity index (χ1) is 15.3. The van der Waals surface area contributed by atoms with Gasteiger partial charge in [-0.25, -0.2) is 0 Å². The molecule has 1 unspecified atom stereocenters. The van der Waals surface area contributed by atoms with Gasteiger partial charge in [0.05, 0.1) is 6.04 Å². The molecule has 4 nitrogen and oxygen atoms in total. The third-order valence-electron chi connectivity index (χ3n) is 5.12. The Bertz CT molecular complexity index is 1280. The highest BCUT2D eigenvalue weighted by Crippen LogP contribution is 2.20. The van der Waals surface area contributed by atoms with E-state index in [-0.39, 0.29) is 19.3 Å². The van der Waals surface area contributed by atoms with Crippen molar-refractivity contribution in [3.05, 3.63) is 103 Å². The molecule has 32 heavy (non-hydrogen) atoms. The number of rotatable bonds is 4. The van der Waals surface area contributed by atoms with Crippen LogP contribution >= 0.6 is 0 Å². The summed E-state index contributed by atoms with van der Waals surface area (Å²) in [6.45, 7) is 8.85. The molecule has 0 bridgehead atoms. The topological polar surface area (TPSA) is 58.2 Å². The number of hydrogen-bond donors (Lipinski definition) is 2. The first-order valence-electron chi connectivity index (χ1n) is 10.5. The monoisotopic (exact) mass is 426 g/mol. The minimum Gasteiger partial charge on any atom is -0.350 e. The average Bonchev–Trinajstić information content (AvgIpc) is 2.78. The van der Waals surface area contributed by atoms with Gasteiger partial charge in [-0.1, -0.05) is 79.4 Å². The van der Waals surface area contributed by atoms with E-state index in [1.54, 1.807) is 0 Å². The maximum atomic E-state index is 11.0. The first-order valence-corrected chi connectivity index (χ1v) is 10.5. The summed E-state index contributed by atoms with van der Waals surface area (Å²) in [5.41, 5.74) is 2.71. The highest BCUT2D eigenvalue weighted by molar-refractivity contribution is 5.89. The molecule has 0 spiro atoms. The first kappa shape index (κ1) is 22.8. The summed E-state index contributed by atoms with van der Waals surface area (Å²) < 4.78 is 0. The van der Waals surface area contributed by atoms with Crippen molar-refractivity contribution < 1.29 is 11.0 Å². The molecule has 0 saturated carbocycles. The summed E-state index contributed by atoms with van der Waals surface area (Å²) in [5, 5.41) is 10.3. The van der Waals surface area contributed by atoms with Crippen LogP contribution in [-0.2, 0) is 9.59 Å². The molecule has 1 atom stereocenters. The van der Waals surface area contributed by atoms with E-state index in [2.05, 4.69) is 53.6 Å². The number of carbonyl (C=O) groups is 2. The van der Waals surface area contributed by atoms with Crippen LogP contribution in [0.2, 0.25) is 0 Å². The number of hydrogen-bond acceptors (Lipinski definition) is 2. The summed E-state index contributed by atoms with van der Waals surface area (Å²) in [4.78, 5) is 21.9. The molecule has 164 valence electrons. The van der Waals surface area contributed by atoms with Crippen LogP contribution in [0.4, 0.5) is 0 Å². The lowest BCUT2D eigenvalue weighted by atomic mass is 10.0. The second-order valence-electron chi connectivity index (χ2n) is 7.75. The Morgan fingerprint density at radius 2 is 1.28 bits per heavy atom. The predicted octanol–water partition coefficient (Wildman–Crippen LogP) is 6.23. The second kappa shape index (κ2) is 10.4. The van der Waals surface area contributed by atoms with Gasteiger partial charge in [-0.3, -0.25) is 9.59 Å². The van der Waals surface area contributed by atoms with Gasteiger partial charge < -0.3 is 10.6 Å². The van der Waals surface area contributed by atoms with Gasteiger partial charge in [-0.15, -0.1) is 0 Å². The Morgan fingerprint density at radius 1 is 0.750 bits per heavy atom. The van der Waals surface area contributed by atoms with Crippen LogP contribution in [-0.4, -0.2) is 11.8 Å². The molecule has 0 heterocycles. The molecule has 0 fully saturated rings. The van der Waals surface area contributed by atoms with E-state index in [9.17, 15) is 9.59 Å². The van der Waals surface area contributed by atoms with Gasteiger partial charge in [0.1, 0.15) is 0 Å². The summed E-state index contributed by atoms with van der Waals surface area (Å²) in [6, 6.07) is 28.6. The molecule has 0 radical (unpaired) electrons. The van der Waals surface area contributed by atoms with Gasteiger partial charge in [0.15, 0.2) is 0 Å². The lowest BCUT2D eigenvalue weighted by molar-refractivity contribution is -0.119. The summed E-state index contributed by atoms with van der Waals surface area (Å²) in [7, 11) is 0.